The van der Waals surface area contributed by atoms with Gasteiger partial charge in [0.05, 0.1) is 10.7 Å². The van der Waals surface area contributed by atoms with Crippen LogP contribution in [0, 0.1) is 0 Å². The number of carbonyl (C=O) groups is 3. The van der Waals surface area contributed by atoms with E-state index in [1.165, 1.54) is 19.1 Å². The molecule has 0 heterocycles. The topological polar surface area (TPSA) is 63.2 Å². The lowest BCUT2D eigenvalue weighted by molar-refractivity contribution is -0.115. The van der Waals surface area contributed by atoms with Crippen LogP contribution in [0.3, 0.4) is 0 Å². The van der Waals surface area contributed by atoms with E-state index in [0.717, 1.165) is 0 Å². The van der Waals surface area contributed by atoms with Crippen molar-refractivity contribution in [1.29, 1.82) is 0 Å². The van der Waals surface area contributed by atoms with E-state index in [4.69, 9.17) is 23.2 Å². The Kier molecular flexibility index (Phi) is 3.96. The number of fused-ring (bicyclic) bond motifs is 2. The lowest BCUT2D eigenvalue weighted by Crippen LogP contribution is -2.23. The number of hydrogen-bond acceptors (Lipinski definition) is 3. The summed E-state index contributed by atoms with van der Waals surface area (Å²) in [5, 5.41) is 1.98. The fourth-order valence-corrected chi connectivity index (χ4v) is 2.71. The molecule has 1 amide bonds. The molecule has 0 radical (unpaired) electrons. The van der Waals surface area contributed by atoms with Gasteiger partial charge in [-0.1, -0.05) is 35.9 Å². The third kappa shape index (κ3) is 2.64. The lowest BCUT2D eigenvalue weighted by Gasteiger charge is -2.19. The molecule has 1 aliphatic carbocycles. The minimum atomic E-state index is -0.750. The first kappa shape index (κ1) is 15.7. The Morgan fingerprint density at radius 2 is 1.52 bits per heavy atom. The quantitative estimate of drug-likeness (QED) is 0.719. The van der Waals surface area contributed by atoms with Crippen molar-refractivity contribution in [2.45, 2.75) is 12.3 Å². The molecule has 0 bridgehead atoms. The molecule has 116 valence electrons. The molecule has 0 saturated heterocycles. The van der Waals surface area contributed by atoms with Crippen LogP contribution in [0.5, 0.6) is 0 Å². The number of rotatable bonds is 2. The van der Waals surface area contributed by atoms with E-state index in [1.54, 1.807) is 24.3 Å². The number of anilines is 1. The average Bonchev–Trinajstić information content (AvgIpc) is 2.53. The van der Waals surface area contributed by atoms with Crippen LogP contribution in [0.15, 0.2) is 36.4 Å². The van der Waals surface area contributed by atoms with Crippen LogP contribution >= 0.6 is 23.2 Å². The molecule has 0 unspecified atom stereocenters. The highest BCUT2D eigenvalue weighted by Gasteiger charge is 2.30. The minimum Gasteiger partial charge on any atom is -0.323 e. The zero-order valence-electron chi connectivity index (χ0n) is 12.0. The van der Waals surface area contributed by atoms with E-state index in [1.807, 2.05) is 0 Å². The monoisotopic (exact) mass is 347 g/mol. The van der Waals surface area contributed by atoms with Gasteiger partial charge >= 0.3 is 0 Å². The van der Waals surface area contributed by atoms with Crippen molar-refractivity contribution in [2.75, 3.05) is 5.32 Å². The van der Waals surface area contributed by atoms with Crippen LogP contribution in [0.2, 0.25) is 5.02 Å². The number of nitrogens with one attached hydrogen (secondary N) is 1. The summed E-state index contributed by atoms with van der Waals surface area (Å²) in [6, 6.07) is 9.44. The molecule has 23 heavy (non-hydrogen) atoms. The van der Waals surface area contributed by atoms with Crippen molar-refractivity contribution >= 4 is 46.4 Å². The highest BCUT2D eigenvalue weighted by atomic mass is 35.5. The summed E-state index contributed by atoms with van der Waals surface area (Å²) in [6.45, 7) is 1.52. The van der Waals surface area contributed by atoms with Gasteiger partial charge in [-0.2, -0.15) is 0 Å². The minimum absolute atomic E-state index is 0.176. The van der Waals surface area contributed by atoms with Crippen LogP contribution < -0.4 is 5.32 Å². The normalized spacial score (nSPS) is 14.0. The van der Waals surface area contributed by atoms with Gasteiger partial charge in [-0.05, 0) is 19.1 Å². The Bertz CT molecular complexity index is 859. The van der Waals surface area contributed by atoms with E-state index in [0.29, 0.717) is 11.1 Å². The molecule has 6 heteroatoms. The fourth-order valence-electron chi connectivity index (χ4n) is 2.45. The molecule has 0 aromatic heterocycles. The number of amides is 1. The van der Waals surface area contributed by atoms with Crippen LogP contribution in [-0.2, 0) is 4.79 Å². The number of halogens is 2. The van der Waals surface area contributed by atoms with Gasteiger partial charge in [0.25, 0.3) is 0 Å². The van der Waals surface area contributed by atoms with Gasteiger partial charge < -0.3 is 5.32 Å². The SMILES string of the molecule is C[C@@H](Cl)C(=O)Nc1cc2c(cc1Cl)C(=O)c1ccccc1C2=O. The average molecular weight is 348 g/mol. The first-order valence-corrected chi connectivity index (χ1v) is 7.68. The summed E-state index contributed by atoms with van der Waals surface area (Å²) in [7, 11) is 0. The van der Waals surface area contributed by atoms with Crippen molar-refractivity contribution in [3.63, 3.8) is 0 Å². The van der Waals surface area contributed by atoms with Gasteiger partial charge in [0.1, 0.15) is 5.38 Å². The fraction of sp³-hybridized carbons (Fsp3) is 0.118. The van der Waals surface area contributed by atoms with Crippen LogP contribution in [-0.4, -0.2) is 22.9 Å². The third-order valence-corrected chi connectivity index (χ3v) is 4.14. The summed E-state index contributed by atoms with van der Waals surface area (Å²) in [4.78, 5) is 36.9. The van der Waals surface area contributed by atoms with Crippen molar-refractivity contribution in [2.24, 2.45) is 0 Å². The van der Waals surface area contributed by atoms with Gasteiger partial charge in [-0.3, -0.25) is 14.4 Å². The Labute approximate surface area is 142 Å². The zero-order valence-corrected chi connectivity index (χ0v) is 13.5. The van der Waals surface area contributed by atoms with E-state index < -0.39 is 11.3 Å². The van der Waals surface area contributed by atoms with E-state index in [9.17, 15) is 14.4 Å². The molecule has 1 N–H and O–H groups in total. The smallest absolute Gasteiger partial charge is 0.242 e. The maximum absolute atomic E-state index is 12.6. The van der Waals surface area contributed by atoms with Crippen molar-refractivity contribution in [3.8, 4) is 0 Å². The van der Waals surface area contributed by atoms with E-state index in [-0.39, 0.29) is 33.4 Å². The van der Waals surface area contributed by atoms with Gasteiger partial charge in [0.2, 0.25) is 5.91 Å². The maximum atomic E-state index is 12.6. The summed E-state index contributed by atoms with van der Waals surface area (Å²) in [6.07, 6.45) is 0. The molecule has 1 atom stereocenters. The Hall–Kier alpha value is -2.17. The predicted molar refractivity (Wildman–Crippen MR) is 88.7 cm³/mol. The second-order valence-electron chi connectivity index (χ2n) is 5.19. The molecular weight excluding hydrogens is 337 g/mol. The van der Waals surface area contributed by atoms with Gasteiger partial charge in [0.15, 0.2) is 11.6 Å². The second kappa shape index (κ2) is 5.80. The maximum Gasteiger partial charge on any atom is 0.242 e. The van der Waals surface area contributed by atoms with Gasteiger partial charge in [-0.15, -0.1) is 11.6 Å². The molecule has 0 spiro atoms. The lowest BCUT2D eigenvalue weighted by atomic mass is 9.84. The Morgan fingerprint density at radius 3 is 2.04 bits per heavy atom. The van der Waals surface area contributed by atoms with Crippen LogP contribution in [0.25, 0.3) is 0 Å². The first-order valence-electron chi connectivity index (χ1n) is 6.87. The van der Waals surface area contributed by atoms with Gasteiger partial charge in [-0.25, -0.2) is 0 Å². The molecule has 1 aliphatic rings. The zero-order chi connectivity index (χ0) is 16.7. The number of hydrogen-bond donors (Lipinski definition) is 1. The second-order valence-corrected chi connectivity index (χ2v) is 6.25. The molecular formula is C17H11Cl2NO3. The van der Waals surface area contributed by atoms with Gasteiger partial charge in [0, 0.05) is 22.3 Å². The Morgan fingerprint density at radius 1 is 1.00 bits per heavy atom. The molecule has 0 fully saturated rings. The first-order chi connectivity index (χ1) is 10.9. The third-order valence-electron chi connectivity index (χ3n) is 3.63. The summed E-state index contributed by atoms with van der Waals surface area (Å²) in [5.41, 5.74) is 1.40. The number of ketones is 2. The predicted octanol–water partition coefficient (Wildman–Crippen LogP) is 3.68. The molecule has 4 nitrogen and oxygen atoms in total. The number of carbonyl (C=O) groups excluding carboxylic acids is 3. The number of alkyl halides is 1. The molecule has 2 aromatic rings. The molecule has 3 rings (SSSR count). The molecule has 0 aliphatic heterocycles. The number of benzene rings is 2. The summed E-state index contributed by atoms with van der Waals surface area (Å²) >= 11 is 11.8. The van der Waals surface area contributed by atoms with Crippen molar-refractivity contribution in [3.05, 3.63) is 63.7 Å². The van der Waals surface area contributed by atoms with Crippen molar-refractivity contribution in [1.82, 2.24) is 0 Å². The molecule has 2 aromatic carbocycles. The Balaban J connectivity index is 2.11. The highest BCUT2D eigenvalue weighted by molar-refractivity contribution is 6.37. The van der Waals surface area contributed by atoms with E-state index in [2.05, 4.69) is 5.32 Å². The summed E-state index contributed by atoms with van der Waals surface area (Å²) in [5.74, 6) is -0.981. The van der Waals surface area contributed by atoms with Crippen molar-refractivity contribution < 1.29 is 14.4 Å². The molecule has 0 saturated carbocycles. The van der Waals surface area contributed by atoms with Crippen LogP contribution in [0.4, 0.5) is 5.69 Å². The van der Waals surface area contributed by atoms with Crippen LogP contribution in [0.1, 0.15) is 38.8 Å². The standard InChI is InChI=1S/C17H11Cl2NO3/c1-8(18)17(23)20-14-7-12-11(6-13(14)19)15(21)9-4-2-3-5-10(9)16(12)22/h2-8H,1H3,(H,20,23)/t8-/m1/s1. The largest absolute Gasteiger partial charge is 0.323 e. The highest BCUT2D eigenvalue weighted by Crippen LogP contribution is 2.33. The van der Waals surface area contributed by atoms with E-state index >= 15 is 0 Å². The summed E-state index contributed by atoms with van der Waals surface area (Å²) < 4.78 is 0.